The first-order chi connectivity index (χ1) is 16.6. The Bertz CT molecular complexity index is 1110. The molecule has 34 heavy (non-hydrogen) atoms. The molecule has 0 spiro atoms. The van der Waals surface area contributed by atoms with E-state index in [1.165, 1.54) is 11.8 Å². The molecule has 2 amide bonds. The van der Waals surface area contributed by atoms with Gasteiger partial charge in [0.05, 0.1) is 6.61 Å². The number of nitrogens with one attached hydrogen (secondary N) is 1. The molecule has 4 rings (SSSR count). The molecule has 0 bridgehead atoms. The molecule has 8 heteroatoms. The molecule has 3 aromatic rings. The van der Waals surface area contributed by atoms with Crippen LogP contribution in [0.4, 0.5) is 0 Å². The zero-order valence-corrected chi connectivity index (χ0v) is 20.2. The highest BCUT2D eigenvalue weighted by atomic mass is 35.5. The van der Waals surface area contributed by atoms with Gasteiger partial charge in [-0.25, -0.2) is 5.48 Å². The fourth-order valence-corrected chi connectivity index (χ4v) is 5.19. The van der Waals surface area contributed by atoms with Crippen LogP contribution in [-0.4, -0.2) is 35.1 Å². The lowest BCUT2D eigenvalue weighted by Gasteiger charge is -2.29. The smallest absolute Gasteiger partial charge is 0.267 e. The fourth-order valence-electron chi connectivity index (χ4n) is 3.64. The van der Waals surface area contributed by atoms with E-state index in [1.54, 1.807) is 36.1 Å². The number of hydroxylamine groups is 1. The summed E-state index contributed by atoms with van der Waals surface area (Å²) in [7, 11) is 0. The zero-order valence-electron chi connectivity index (χ0n) is 18.6. The van der Waals surface area contributed by atoms with Crippen LogP contribution in [0.25, 0.3) is 0 Å². The van der Waals surface area contributed by atoms with Crippen molar-refractivity contribution in [2.24, 2.45) is 0 Å². The van der Waals surface area contributed by atoms with Gasteiger partial charge in [0.25, 0.3) is 11.8 Å². The van der Waals surface area contributed by atoms with Crippen LogP contribution in [0, 0.1) is 0 Å². The van der Waals surface area contributed by atoms with Crippen molar-refractivity contribution in [1.82, 2.24) is 10.4 Å². The summed E-state index contributed by atoms with van der Waals surface area (Å²) in [4.78, 5) is 33.0. The summed E-state index contributed by atoms with van der Waals surface area (Å²) in [5, 5.41) is 0.212. The van der Waals surface area contributed by atoms with Gasteiger partial charge in [-0.05, 0) is 54.4 Å². The molecule has 1 aliphatic heterocycles. The standard InChI is InChI=1S/C26H25ClN2O4S/c1-2-33-28-24(30)23-17-34-26(29(23)25(31)19-8-12-21(27)13-9-19)20-10-14-22(15-11-20)32-16-18-6-4-3-5-7-18/h3-15,23,26H,2,16-17H2,1H3,(H,28,30). The van der Waals surface area contributed by atoms with Crippen LogP contribution in [-0.2, 0) is 16.2 Å². The Morgan fingerprint density at radius 3 is 2.41 bits per heavy atom. The van der Waals surface area contributed by atoms with Crippen molar-refractivity contribution < 1.29 is 19.2 Å². The Kier molecular flexibility index (Phi) is 8.11. The van der Waals surface area contributed by atoms with Crippen molar-refractivity contribution >= 4 is 35.2 Å². The van der Waals surface area contributed by atoms with Gasteiger partial charge in [0.15, 0.2) is 0 Å². The minimum absolute atomic E-state index is 0.243. The maximum atomic E-state index is 13.5. The van der Waals surface area contributed by atoms with Crippen LogP contribution in [0.15, 0.2) is 78.9 Å². The summed E-state index contributed by atoms with van der Waals surface area (Å²) in [5.74, 6) is 0.598. The Morgan fingerprint density at radius 1 is 1.03 bits per heavy atom. The lowest BCUT2D eigenvalue weighted by atomic mass is 10.1. The number of hydrogen-bond donors (Lipinski definition) is 1. The lowest BCUT2D eigenvalue weighted by molar-refractivity contribution is -0.137. The van der Waals surface area contributed by atoms with Gasteiger partial charge < -0.3 is 9.64 Å². The molecule has 0 saturated carbocycles. The first kappa shape index (κ1) is 24.1. The van der Waals surface area contributed by atoms with E-state index in [4.69, 9.17) is 21.2 Å². The highest BCUT2D eigenvalue weighted by Crippen LogP contribution is 2.42. The maximum absolute atomic E-state index is 13.5. The molecular formula is C26H25ClN2O4S. The van der Waals surface area contributed by atoms with Gasteiger partial charge in [-0.3, -0.25) is 14.4 Å². The predicted molar refractivity (Wildman–Crippen MR) is 134 cm³/mol. The van der Waals surface area contributed by atoms with Gasteiger partial charge in [0.2, 0.25) is 0 Å². The van der Waals surface area contributed by atoms with Gasteiger partial charge in [0, 0.05) is 16.3 Å². The predicted octanol–water partition coefficient (Wildman–Crippen LogP) is 5.24. The molecule has 6 nitrogen and oxygen atoms in total. The average molecular weight is 497 g/mol. The third-order valence-electron chi connectivity index (χ3n) is 5.36. The molecule has 1 saturated heterocycles. The van der Waals surface area contributed by atoms with E-state index in [0.29, 0.717) is 29.6 Å². The zero-order chi connectivity index (χ0) is 23.9. The van der Waals surface area contributed by atoms with Crippen molar-refractivity contribution in [1.29, 1.82) is 0 Å². The molecule has 3 aromatic carbocycles. The lowest BCUT2D eigenvalue weighted by Crippen LogP contribution is -2.48. The number of halogens is 1. The minimum Gasteiger partial charge on any atom is -0.489 e. The fraction of sp³-hybridized carbons (Fsp3) is 0.231. The number of rotatable bonds is 8. The van der Waals surface area contributed by atoms with E-state index in [0.717, 1.165) is 16.9 Å². The number of carbonyl (C=O) groups is 2. The van der Waals surface area contributed by atoms with Crippen LogP contribution in [0.5, 0.6) is 5.75 Å². The average Bonchev–Trinajstić information content (AvgIpc) is 3.32. The number of ether oxygens (including phenoxy) is 1. The van der Waals surface area contributed by atoms with Crippen molar-refractivity contribution in [2.75, 3.05) is 12.4 Å². The monoisotopic (exact) mass is 496 g/mol. The van der Waals surface area contributed by atoms with E-state index < -0.39 is 6.04 Å². The van der Waals surface area contributed by atoms with Gasteiger partial charge >= 0.3 is 0 Å². The topological polar surface area (TPSA) is 67.9 Å². The highest BCUT2D eigenvalue weighted by Gasteiger charge is 2.42. The first-order valence-electron chi connectivity index (χ1n) is 10.9. The van der Waals surface area contributed by atoms with Crippen LogP contribution < -0.4 is 10.2 Å². The molecule has 176 valence electrons. The van der Waals surface area contributed by atoms with E-state index in [-0.39, 0.29) is 17.2 Å². The van der Waals surface area contributed by atoms with Crippen molar-refractivity contribution in [2.45, 2.75) is 24.9 Å². The Hall–Kier alpha value is -3.00. The molecule has 1 fully saturated rings. The van der Waals surface area contributed by atoms with Crippen molar-refractivity contribution in [3.63, 3.8) is 0 Å². The van der Waals surface area contributed by atoms with E-state index >= 15 is 0 Å². The first-order valence-corrected chi connectivity index (χ1v) is 12.4. The molecule has 2 atom stereocenters. The van der Waals surface area contributed by atoms with Crippen LogP contribution in [0.3, 0.4) is 0 Å². The van der Waals surface area contributed by atoms with Gasteiger partial charge in [-0.1, -0.05) is 54.1 Å². The summed E-state index contributed by atoms with van der Waals surface area (Å²) in [5.41, 5.74) is 4.90. The number of amides is 2. The van der Waals surface area contributed by atoms with Crippen LogP contribution in [0.2, 0.25) is 5.02 Å². The van der Waals surface area contributed by atoms with Crippen molar-refractivity contribution in [3.8, 4) is 5.75 Å². The van der Waals surface area contributed by atoms with Crippen LogP contribution >= 0.6 is 23.4 Å². The van der Waals surface area contributed by atoms with Gasteiger partial charge in [-0.15, -0.1) is 11.8 Å². The second kappa shape index (κ2) is 11.4. The molecule has 0 aliphatic carbocycles. The Morgan fingerprint density at radius 2 is 1.74 bits per heavy atom. The molecule has 0 radical (unpaired) electrons. The third-order valence-corrected chi connectivity index (χ3v) is 6.93. The van der Waals surface area contributed by atoms with E-state index in [9.17, 15) is 9.59 Å². The number of carbonyl (C=O) groups excluding carboxylic acids is 2. The summed E-state index contributed by atoms with van der Waals surface area (Å²) >= 11 is 7.53. The molecule has 2 unspecified atom stereocenters. The second-order valence-corrected chi connectivity index (χ2v) is 9.21. The number of thioether (sulfide) groups is 1. The summed E-state index contributed by atoms with van der Waals surface area (Å²) in [6.45, 7) is 2.59. The van der Waals surface area contributed by atoms with Crippen molar-refractivity contribution in [3.05, 3.63) is 101 Å². The summed E-state index contributed by atoms with van der Waals surface area (Å²) in [6.07, 6.45) is 0. The van der Waals surface area contributed by atoms with E-state index in [1.807, 2.05) is 54.6 Å². The molecular weight excluding hydrogens is 472 g/mol. The third kappa shape index (κ3) is 5.73. The Labute approximate surface area is 208 Å². The summed E-state index contributed by atoms with van der Waals surface area (Å²) < 4.78 is 5.89. The Balaban J connectivity index is 1.54. The maximum Gasteiger partial charge on any atom is 0.267 e. The van der Waals surface area contributed by atoms with Crippen LogP contribution in [0.1, 0.15) is 33.8 Å². The molecule has 1 heterocycles. The summed E-state index contributed by atoms with van der Waals surface area (Å²) in [6, 6.07) is 23.6. The van der Waals surface area contributed by atoms with Gasteiger partial charge in [-0.2, -0.15) is 0 Å². The molecule has 0 aromatic heterocycles. The SMILES string of the molecule is CCONC(=O)C1CSC(c2ccc(OCc3ccccc3)cc2)N1C(=O)c1ccc(Cl)cc1. The van der Waals surface area contributed by atoms with E-state index in [2.05, 4.69) is 5.48 Å². The largest absolute Gasteiger partial charge is 0.489 e. The molecule has 1 aliphatic rings. The quantitative estimate of drug-likeness (QED) is 0.432. The normalized spacial score (nSPS) is 17.4. The number of hydrogen-bond acceptors (Lipinski definition) is 5. The highest BCUT2D eigenvalue weighted by molar-refractivity contribution is 7.99. The molecule has 1 N–H and O–H groups in total. The second-order valence-electron chi connectivity index (χ2n) is 7.66. The number of nitrogens with zero attached hydrogens (tertiary/aromatic N) is 1. The number of benzene rings is 3. The van der Waals surface area contributed by atoms with Gasteiger partial charge in [0.1, 0.15) is 23.8 Å². The minimum atomic E-state index is -0.668.